The first-order valence-electron chi connectivity index (χ1n) is 6.57. The van der Waals surface area contributed by atoms with Crippen molar-refractivity contribution in [1.82, 2.24) is 5.32 Å². The van der Waals surface area contributed by atoms with E-state index in [4.69, 9.17) is 5.26 Å². The molecule has 3 N–H and O–H groups in total. The summed E-state index contributed by atoms with van der Waals surface area (Å²) in [6.45, 7) is 1.31. The van der Waals surface area contributed by atoms with Crippen LogP contribution < -0.4 is 5.32 Å². The van der Waals surface area contributed by atoms with E-state index in [0.717, 1.165) is 0 Å². The Kier molecular flexibility index (Phi) is 6.08. The Morgan fingerprint density at radius 3 is 2.59 bits per heavy atom. The van der Waals surface area contributed by atoms with Crippen LogP contribution >= 0.6 is 0 Å². The maximum atomic E-state index is 11.6. The Hall–Kier alpha value is -2.88. The van der Waals surface area contributed by atoms with Gasteiger partial charge in [0.2, 0.25) is 5.91 Å². The van der Waals surface area contributed by atoms with Crippen LogP contribution in [0, 0.1) is 11.3 Å². The largest absolute Gasteiger partial charge is 0.508 e. The van der Waals surface area contributed by atoms with E-state index in [1.54, 1.807) is 6.07 Å². The second-order valence-electron chi connectivity index (χ2n) is 4.72. The molecule has 1 amide bonds. The van der Waals surface area contributed by atoms with Gasteiger partial charge in [-0.2, -0.15) is 5.26 Å². The number of phenols is 1. The highest BCUT2D eigenvalue weighted by Gasteiger charge is 2.22. The summed E-state index contributed by atoms with van der Waals surface area (Å²) in [5.41, 5.74) is 0.621. The normalized spacial score (nSPS) is 11.3. The number of rotatable bonds is 7. The molecule has 0 radical (unpaired) electrons. The molecule has 1 aromatic rings. The first-order chi connectivity index (χ1) is 10.3. The number of nitriles is 1. The Bertz CT molecular complexity index is 633. The van der Waals surface area contributed by atoms with Gasteiger partial charge in [-0.3, -0.25) is 9.59 Å². The maximum Gasteiger partial charge on any atom is 0.326 e. The van der Waals surface area contributed by atoms with Gasteiger partial charge in [0.25, 0.3) is 0 Å². The molecule has 116 valence electrons. The summed E-state index contributed by atoms with van der Waals surface area (Å²) in [5, 5.41) is 29.3. The summed E-state index contributed by atoms with van der Waals surface area (Å²) < 4.78 is 0. The first kappa shape index (κ1) is 17.2. The summed E-state index contributed by atoms with van der Waals surface area (Å²) in [6.07, 6.45) is -0.186. The van der Waals surface area contributed by atoms with Gasteiger partial charge in [-0.05, 0) is 24.6 Å². The number of ketones is 1. The zero-order chi connectivity index (χ0) is 16.7. The third-order valence-electron chi connectivity index (χ3n) is 2.99. The highest BCUT2D eigenvalue weighted by atomic mass is 16.4. The summed E-state index contributed by atoms with van der Waals surface area (Å²) in [7, 11) is 0. The van der Waals surface area contributed by atoms with E-state index in [-0.39, 0.29) is 36.4 Å². The van der Waals surface area contributed by atoms with Gasteiger partial charge in [0.1, 0.15) is 11.8 Å². The summed E-state index contributed by atoms with van der Waals surface area (Å²) in [5.74, 6) is -2.20. The zero-order valence-electron chi connectivity index (χ0n) is 12.0. The average Bonchev–Trinajstić information content (AvgIpc) is 2.45. The molecule has 0 fully saturated rings. The molecule has 0 heterocycles. The minimum atomic E-state index is -1.24. The van der Waals surface area contributed by atoms with Crippen LogP contribution in [0.5, 0.6) is 5.75 Å². The van der Waals surface area contributed by atoms with Gasteiger partial charge in [0, 0.05) is 24.8 Å². The molecule has 22 heavy (non-hydrogen) atoms. The molecule has 0 aliphatic carbocycles. The van der Waals surface area contributed by atoms with Crippen LogP contribution in [-0.4, -0.2) is 33.9 Å². The zero-order valence-corrected chi connectivity index (χ0v) is 12.0. The molecule has 0 aromatic heterocycles. The van der Waals surface area contributed by atoms with E-state index in [1.807, 2.05) is 0 Å². The Labute approximate surface area is 127 Å². The number of benzene rings is 1. The van der Waals surface area contributed by atoms with Crippen molar-refractivity contribution in [2.45, 2.75) is 32.2 Å². The second kappa shape index (κ2) is 7.78. The SMILES string of the molecule is CC(=O)c1cc(O)ccc1C[C@H](NC(=O)CCC#N)C(=O)O. The van der Waals surface area contributed by atoms with Crippen molar-refractivity contribution in [3.63, 3.8) is 0 Å². The Morgan fingerprint density at radius 2 is 2.05 bits per heavy atom. The lowest BCUT2D eigenvalue weighted by Crippen LogP contribution is -2.42. The van der Waals surface area contributed by atoms with E-state index >= 15 is 0 Å². The van der Waals surface area contributed by atoms with Crippen molar-refractivity contribution >= 4 is 17.7 Å². The molecule has 1 atom stereocenters. The quantitative estimate of drug-likeness (QED) is 0.645. The predicted octanol–water partition coefficient (Wildman–Crippen LogP) is 1.01. The number of amides is 1. The van der Waals surface area contributed by atoms with Gasteiger partial charge in [-0.1, -0.05) is 6.07 Å². The van der Waals surface area contributed by atoms with Gasteiger partial charge in [-0.25, -0.2) is 4.79 Å². The van der Waals surface area contributed by atoms with Crippen LogP contribution in [0.3, 0.4) is 0 Å². The van der Waals surface area contributed by atoms with Crippen LogP contribution in [0.15, 0.2) is 18.2 Å². The molecule has 7 nitrogen and oxygen atoms in total. The molecule has 0 spiro atoms. The lowest BCUT2D eigenvalue weighted by atomic mass is 9.97. The van der Waals surface area contributed by atoms with E-state index in [1.165, 1.54) is 25.1 Å². The van der Waals surface area contributed by atoms with Crippen LogP contribution in [-0.2, 0) is 16.0 Å². The molecule has 0 unspecified atom stereocenters. The van der Waals surface area contributed by atoms with Gasteiger partial charge in [0.05, 0.1) is 6.07 Å². The molecule has 1 rings (SSSR count). The lowest BCUT2D eigenvalue weighted by molar-refractivity contribution is -0.141. The molecule has 0 aliphatic rings. The molecular formula is C15H16N2O5. The second-order valence-corrected chi connectivity index (χ2v) is 4.72. The minimum Gasteiger partial charge on any atom is -0.508 e. The fourth-order valence-electron chi connectivity index (χ4n) is 1.93. The third kappa shape index (κ3) is 4.90. The molecule has 0 saturated carbocycles. The molecule has 7 heteroatoms. The minimum absolute atomic E-state index is 0.00389. The highest BCUT2D eigenvalue weighted by molar-refractivity contribution is 5.96. The molecule has 1 aromatic carbocycles. The molecule has 0 bridgehead atoms. The standard InChI is InChI=1S/C15H16N2O5/c1-9(18)12-8-11(19)5-4-10(12)7-13(15(21)22)17-14(20)3-2-6-16/h4-5,8,13,19H,2-3,7H2,1H3,(H,17,20)(H,21,22)/t13-/m0/s1. The number of nitrogens with one attached hydrogen (secondary N) is 1. The van der Waals surface area contributed by atoms with E-state index in [9.17, 15) is 24.6 Å². The number of nitrogens with zero attached hydrogens (tertiary/aromatic N) is 1. The summed E-state index contributed by atoms with van der Waals surface area (Å²) >= 11 is 0. The number of carboxylic acids is 1. The maximum absolute atomic E-state index is 11.6. The van der Waals surface area contributed by atoms with Gasteiger partial charge >= 0.3 is 5.97 Å². The number of carboxylic acid groups (broad SMARTS) is 1. The molecule has 0 saturated heterocycles. The average molecular weight is 304 g/mol. The Morgan fingerprint density at radius 1 is 1.36 bits per heavy atom. The monoisotopic (exact) mass is 304 g/mol. The number of hydrogen-bond acceptors (Lipinski definition) is 5. The van der Waals surface area contributed by atoms with E-state index in [0.29, 0.717) is 5.56 Å². The Balaban J connectivity index is 2.93. The predicted molar refractivity (Wildman–Crippen MR) is 76.2 cm³/mol. The topological polar surface area (TPSA) is 127 Å². The van der Waals surface area contributed by atoms with E-state index < -0.39 is 17.9 Å². The van der Waals surface area contributed by atoms with Crippen molar-refractivity contribution in [3.8, 4) is 11.8 Å². The number of hydrogen-bond donors (Lipinski definition) is 3. The molecule has 0 aliphatic heterocycles. The van der Waals surface area contributed by atoms with Crippen molar-refractivity contribution in [1.29, 1.82) is 5.26 Å². The van der Waals surface area contributed by atoms with Crippen molar-refractivity contribution < 1.29 is 24.6 Å². The number of aromatic hydroxyl groups is 1. The van der Waals surface area contributed by atoms with Crippen LogP contribution in [0.4, 0.5) is 0 Å². The van der Waals surface area contributed by atoms with Crippen molar-refractivity contribution in [2.75, 3.05) is 0 Å². The fraction of sp³-hybridized carbons (Fsp3) is 0.333. The lowest BCUT2D eigenvalue weighted by Gasteiger charge is -2.16. The van der Waals surface area contributed by atoms with Gasteiger partial charge in [-0.15, -0.1) is 0 Å². The van der Waals surface area contributed by atoms with Crippen LogP contribution in [0.25, 0.3) is 0 Å². The molecular weight excluding hydrogens is 288 g/mol. The first-order valence-corrected chi connectivity index (χ1v) is 6.57. The number of Topliss-reactive ketones (excluding diaryl/α,β-unsaturated/α-hetero) is 1. The van der Waals surface area contributed by atoms with Crippen molar-refractivity contribution in [3.05, 3.63) is 29.3 Å². The van der Waals surface area contributed by atoms with E-state index in [2.05, 4.69) is 5.32 Å². The fourth-order valence-corrected chi connectivity index (χ4v) is 1.93. The smallest absolute Gasteiger partial charge is 0.326 e. The number of carbonyl (C=O) groups is 3. The van der Waals surface area contributed by atoms with Crippen LogP contribution in [0.2, 0.25) is 0 Å². The third-order valence-corrected chi connectivity index (χ3v) is 2.99. The number of aliphatic carboxylic acids is 1. The number of carbonyl (C=O) groups excluding carboxylic acids is 2. The van der Waals surface area contributed by atoms with Crippen LogP contribution in [0.1, 0.15) is 35.7 Å². The van der Waals surface area contributed by atoms with Gasteiger partial charge in [0.15, 0.2) is 5.78 Å². The highest BCUT2D eigenvalue weighted by Crippen LogP contribution is 2.19. The number of phenolic OH excluding ortho intramolecular Hbond substituents is 1. The van der Waals surface area contributed by atoms with Crippen molar-refractivity contribution in [2.24, 2.45) is 0 Å². The summed E-state index contributed by atoms with van der Waals surface area (Å²) in [6, 6.07) is 4.64. The van der Waals surface area contributed by atoms with Gasteiger partial charge < -0.3 is 15.5 Å². The summed E-state index contributed by atoms with van der Waals surface area (Å²) in [4.78, 5) is 34.3.